The molecule has 0 aliphatic rings. The fourth-order valence-electron chi connectivity index (χ4n) is 0.585. The van der Waals surface area contributed by atoms with Crippen molar-refractivity contribution in [2.75, 3.05) is 5.75 Å². The molecule has 0 aliphatic heterocycles. The highest BCUT2D eigenvalue weighted by atomic mass is 32.2. The highest BCUT2D eigenvalue weighted by Gasteiger charge is 1.93. The van der Waals surface area contributed by atoms with E-state index in [9.17, 15) is 0 Å². The lowest BCUT2D eigenvalue weighted by atomic mass is 10.4. The summed E-state index contributed by atoms with van der Waals surface area (Å²) in [7, 11) is 0. The maximum atomic E-state index is 4.17. The molecule has 12 heavy (non-hydrogen) atoms. The quantitative estimate of drug-likeness (QED) is 0.540. The van der Waals surface area contributed by atoms with Gasteiger partial charge < -0.3 is 0 Å². The summed E-state index contributed by atoms with van der Waals surface area (Å²) in [5.41, 5.74) is 0. The fourth-order valence-corrected chi connectivity index (χ4v) is 2.38. The van der Waals surface area contributed by atoms with Gasteiger partial charge in [-0.05, 0) is 6.42 Å². The molecule has 0 bridgehead atoms. The number of hydrogen-bond acceptors (Lipinski definition) is 3. The van der Waals surface area contributed by atoms with Crippen molar-refractivity contribution in [3.63, 3.8) is 0 Å². The van der Waals surface area contributed by atoms with Crippen LogP contribution in [-0.2, 0) is 0 Å². The molecule has 1 heterocycles. The van der Waals surface area contributed by atoms with Crippen LogP contribution >= 0.6 is 23.1 Å². The Labute approximate surface area is 83.6 Å². The molecule has 0 aliphatic carbocycles. The van der Waals surface area contributed by atoms with Crippen LogP contribution in [0, 0.1) is 0 Å². The summed E-state index contributed by atoms with van der Waals surface area (Å²) in [6, 6.07) is 0. The van der Waals surface area contributed by atoms with E-state index in [4.69, 9.17) is 0 Å². The number of nitrogens with zero attached hydrogens (tertiary/aromatic N) is 1. The van der Waals surface area contributed by atoms with Crippen molar-refractivity contribution in [1.82, 2.24) is 4.98 Å². The Bertz CT molecular complexity index is 161. The average Bonchev–Trinajstić information content (AvgIpc) is 2.61. The van der Waals surface area contributed by atoms with Crippen molar-refractivity contribution in [2.45, 2.75) is 38.0 Å². The fraction of sp³-hybridized carbons (Fsp3) is 0.667. The molecule has 0 atom stereocenters. The zero-order chi connectivity index (χ0) is 9.23. The molecule has 0 radical (unpaired) electrons. The van der Waals surface area contributed by atoms with Crippen LogP contribution in [0.1, 0.15) is 33.6 Å². The van der Waals surface area contributed by atoms with Gasteiger partial charge in [0.05, 0.1) is 0 Å². The summed E-state index contributed by atoms with van der Waals surface area (Å²) in [4.78, 5) is 4.17. The topological polar surface area (TPSA) is 12.9 Å². The van der Waals surface area contributed by atoms with E-state index in [1.807, 2.05) is 37.2 Å². The van der Waals surface area contributed by atoms with E-state index in [1.54, 1.807) is 11.3 Å². The zero-order valence-corrected chi connectivity index (χ0v) is 9.67. The molecule has 0 N–H and O–H groups in total. The first-order valence-electron chi connectivity index (χ1n) is 4.45. The van der Waals surface area contributed by atoms with Crippen LogP contribution in [0.15, 0.2) is 15.9 Å². The minimum absolute atomic E-state index is 1.20. The van der Waals surface area contributed by atoms with Gasteiger partial charge in [0.2, 0.25) is 0 Å². The first-order valence-corrected chi connectivity index (χ1v) is 6.32. The maximum absolute atomic E-state index is 4.17. The van der Waals surface area contributed by atoms with Crippen LogP contribution in [0.3, 0.4) is 0 Å². The first kappa shape index (κ1) is 12.0. The van der Waals surface area contributed by atoms with Crippen molar-refractivity contribution in [2.24, 2.45) is 0 Å². The largest absolute Gasteiger partial charge is 0.238 e. The predicted molar refractivity (Wildman–Crippen MR) is 59.1 cm³/mol. The molecule has 0 amide bonds. The number of aromatic nitrogens is 1. The lowest BCUT2D eigenvalue weighted by molar-refractivity contribution is 0.896. The minimum atomic E-state index is 1.20. The van der Waals surface area contributed by atoms with E-state index in [2.05, 4.69) is 11.9 Å². The number of rotatable bonds is 4. The normalized spacial score (nSPS) is 8.92. The second-order valence-electron chi connectivity index (χ2n) is 2.00. The third-order valence-corrected chi connectivity index (χ3v) is 3.19. The smallest absolute Gasteiger partial charge is 0.149 e. The van der Waals surface area contributed by atoms with E-state index >= 15 is 0 Å². The molecule has 0 spiro atoms. The van der Waals surface area contributed by atoms with E-state index in [0.29, 0.717) is 0 Å². The molecular formula is C9H17NS2. The van der Waals surface area contributed by atoms with Crippen LogP contribution < -0.4 is 0 Å². The minimum Gasteiger partial charge on any atom is -0.238 e. The zero-order valence-electron chi connectivity index (χ0n) is 8.04. The van der Waals surface area contributed by atoms with Gasteiger partial charge in [-0.3, -0.25) is 0 Å². The van der Waals surface area contributed by atoms with Crippen LogP contribution in [0.5, 0.6) is 0 Å². The highest BCUT2D eigenvalue weighted by Crippen LogP contribution is 2.20. The molecule has 1 nitrogen and oxygen atoms in total. The Morgan fingerprint density at radius 1 is 1.50 bits per heavy atom. The van der Waals surface area contributed by atoms with E-state index in [0.717, 1.165) is 0 Å². The summed E-state index contributed by atoms with van der Waals surface area (Å²) >= 11 is 3.58. The summed E-state index contributed by atoms with van der Waals surface area (Å²) in [5.74, 6) is 1.21. The lowest BCUT2D eigenvalue weighted by Gasteiger charge is -1.92. The Kier molecular flexibility index (Phi) is 9.06. The van der Waals surface area contributed by atoms with Crippen LogP contribution in [0.25, 0.3) is 0 Å². The molecule has 1 aromatic heterocycles. The summed E-state index contributed by atoms with van der Waals surface area (Å²) in [6.45, 7) is 6.21. The first-order chi connectivity index (χ1) is 5.93. The van der Waals surface area contributed by atoms with Gasteiger partial charge in [-0.25, -0.2) is 4.98 Å². The Balaban J connectivity index is 0.000000561. The molecule has 70 valence electrons. The van der Waals surface area contributed by atoms with Crippen LogP contribution in [0.2, 0.25) is 0 Å². The molecule has 1 aromatic rings. The second kappa shape index (κ2) is 9.07. The molecule has 3 heteroatoms. The average molecular weight is 203 g/mol. The van der Waals surface area contributed by atoms with Crippen molar-refractivity contribution in [3.05, 3.63) is 11.6 Å². The Morgan fingerprint density at radius 2 is 2.25 bits per heavy atom. The van der Waals surface area contributed by atoms with Crippen molar-refractivity contribution >= 4 is 23.1 Å². The summed E-state index contributed by atoms with van der Waals surface area (Å²) in [5, 5.41) is 2.02. The van der Waals surface area contributed by atoms with Crippen LogP contribution in [0.4, 0.5) is 0 Å². The SMILES string of the molecule is CC.CCCCSc1nccs1. The van der Waals surface area contributed by atoms with E-state index in [-0.39, 0.29) is 0 Å². The molecule has 0 fully saturated rings. The molecular weight excluding hydrogens is 186 g/mol. The van der Waals surface area contributed by atoms with Gasteiger partial charge in [0, 0.05) is 17.3 Å². The van der Waals surface area contributed by atoms with Gasteiger partial charge in [-0.2, -0.15) is 0 Å². The number of unbranched alkanes of at least 4 members (excludes halogenated alkanes) is 1. The second-order valence-corrected chi connectivity index (χ2v) is 4.24. The highest BCUT2D eigenvalue weighted by molar-refractivity contribution is 8.00. The third-order valence-electron chi connectivity index (χ3n) is 1.13. The van der Waals surface area contributed by atoms with Gasteiger partial charge in [-0.15, -0.1) is 11.3 Å². The van der Waals surface area contributed by atoms with Crippen LogP contribution in [-0.4, -0.2) is 10.7 Å². The number of thiazole rings is 1. The lowest BCUT2D eigenvalue weighted by Crippen LogP contribution is -1.75. The Hall–Kier alpha value is -0.0200. The summed E-state index contributed by atoms with van der Waals surface area (Å²) in [6.07, 6.45) is 4.43. The van der Waals surface area contributed by atoms with E-state index < -0.39 is 0 Å². The maximum Gasteiger partial charge on any atom is 0.149 e. The number of hydrogen-bond donors (Lipinski definition) is 0. The summed E-state index contributed by atoms with van der Waals surface area (Å²) < 4.78 is 1.20. The Morgan fingerprint density at radius 3 is 2.75 bits per heavy atom. The molecule has 0 unspecified atom stereocenters. The predicted octanol–water partition coefficient (Wildman–Crippen LogP) is 4.06. The van der Waals surface area contributed by atoms with Crippen molar-refractivity contribution in [3.8, 4) is 0 Å². The number of thioether (sulfide) groups is 1. The third kappa shape index (κ3) is 5.61. The standard InChI is InChI=1S/C7H11NS2.C2H6/c1-2-3-5-9-7-8-4-6-10-7;1-2/h4,6H,2-3,5H2,1H3;1-2H3. The molecule has 0 saturated heterocycles. The monoisotopic (exact) mass is 203 g/mol. The molecule has 0 saturated carbocycles. The van der Waals surface area contributed by atoms with Gasteiger partial charge in [0.25, 0.3) is 0 Å². The van der Waals surface area contributed by atoms with E-state index in [1.165, 1.54) is 22.9 Å². The van der Waals surface area contributed by atoms with Crippen molar-refractivity contribution in [1.29, 1.82) is 0 Å². The van der Waals surface area contributed by atoms with Gasteiger partial charge >= 0.3 is 0 Å². The molecule has 1 rings (SSSR count). The van der Waals surface area contributed by atoms with Gasteiger partial charge in [-0.1, -0.05) is 39.0 Å². The van der Waals surface area contributed by atoms with Crippen molar-refractivity contribution < 1.29 is 0 Å². The van der Waals surface area contributed by atoms with Gasteiger partial charge in [0.15, 0.2) is 0 Å². The molecule has 0 aromatic carbocycles. The van der Waals surface area contributed by atoms with Gasteiger partial charge in [0.1, 0.15) is 4.34 Å².